The van der Waals surface area contributed by atoms with Crippen molar-refractivity contribution in [1.29, 1.82) is 0 Å². The molecule has 9 aromatic carbocycles. The minimum absolute atomic E-state index is 0.504. The molecule has 62 heavy (non-hydrogen) atoms. The molecule has 0 fully saturated rings. The van der Waals surface area contributed by atoms with Crippen molar-refractivity contribution in [1.82, 2.24) is 9.97 Å². The number of furan rings is 1. The second-order valence-corrected chi connectivity index (χ2v) is 16.1. The van der Waals surface area contributed by atoms with E-state index in [4.69, 9.17) is 14.4 Å². The zero-order valence-electron chi connectivity index (χ0n) is 33.7. The molecule has 0 saturated carbocycles. The first kappa shape index (κ1) is 35.8. The average Bonchev–Trinajstić information content (AvgIpc) is 3.88. The Morgan fingerprint density at radius 1 is 0.306 bits per heavy atom. The molecule has 0 unspecified atom stereocenters. The summed E-state index contributed by atoms with van der Waals surface area (Å²) in [7, 11) is 0. The molecule has 0 radical (unpaired) electrons. The molecular formula is C59H38N2O. The van der Waals surface area contributed by atoms with Crippen LogP contribution >= 0.6 is 0 Å². The van der Waals surface area contributed by atoms with E-state index in [-0.39, 0.29) is 0 Å². The van der Waals surface area contributed by atoms with Gasteiger partial charge in [-0.1, -0.05) is 194 Å². The number of fused-ring (bicyclic) bond motifs is 6. The SMILES string of the molecule is c1ccc(-c2nc(-c3ccc(-c4cccc(-c5ccc6c(c5)oc5ccccc56)c4)cc3)cc(-c3ccc4c(c3)C(c3ccccc3)(c3ccccc3)c3ccccc3-4)n2)cc1. The fraction of sp³-hybridized carbons (Fsp3) is 0.0169. The highest BCUT2D eigenvalue weighted by atomic mass is 16.3. The molecule has 290 valence electrons. The smallest absolute Gasteiger partial charge is 0.160 e. The summed E-state index contributed by atoms with van der Waals surface area (Å²) < 4.78 is 6.23. The largest absolute Gasteiger partial charge is 0.456 e. The summed E-state index contributed by atoms with van der Waals surface area (Å²) in [5.74, 6) is 0.692. The lowest BCUT2D eigenvalue weighted by Crippen LogP contribution is -2.28. The molecule has 3 heteroatoms. The van der Waals surface area contributed by atoms with Crippen molar-refractivity contribution in [2.24, 2.45) is 0 Å². The van der Waals surface area contributed by atoms with Crippen LogP contribution in [0.2, 0.25) is 0 Å². The van der Waals surface area contributed by atoms with Crippen LogP contribution in [-0.2, 0) is 5.41 Å². The van der Waals surface area contributed by atoms with Crippen LogP contribution in [0.3, 0.4) is 0 Å². The number of benzene rings is 9. The van der Waals surface area contributed by atoms with E-state index in [1.54, 1.807) is 0 Å². The fourth-order valence-electron chi connectivity index (χ4n) is 9.68. The topological polar surface area (TPSA) is 38.9 Å². The number of hydrogen-bond donors (Lipinski definition) is 0. The Morgan fingerprint density at radius 2 is 0.839 bits per heavy atom. The molecule has 0 spiro atoms. The maximum Gasteiger partial charge on any atom is 0.160 e. The van der Waals surface area contributed by atoms with E-state index in [2.05, 4.69) is 200 Å². The zero-order valence-corrected chi connectivity index (χ0v) is 33.7. The van der Waals surface area contributed by atoms with E-state index >= 15 is 0 Å². The lowest BCUT2D eigenvalue weighted by molar-refractivity contribution is 0.669. The van der Waals surface area contributed by atoms with Crippen LogP contribution in [0.5, 0.6) is 0 Å². The summed E-state index contributed by atoms with van der Waals surface area (Å²) >= 11 is 0. The van der Waals surface area contributed by atoms with Gasteiger partial charge in [0.1, 0.15) is 11.2 Å². The van der Waals surface area contributed by atoms with Gasteiger partial charge in [-0.2, -0.15) is 0 Å². The van der Waals surface area contributed by atoms with Gasteiger partial charge >= 0.3 is 0 Å². The maximum absolute atomic E-state index is 6.23. The van der Waals surface area contributed by atoms with E-state index in [1.807, 2.05) is 30.3 Å². The van der Waals surface area contributed by atoms with Crippen molar-refractivity contribution >= 4 is 21.9 Å². The number of nitrogens with zero attached hydrogens (tertiary/aromatic N) is 2. The third-order valence-corrected chi connectivity index (χ3v) is 12.6. The van der Waals surface area contributed by atoms with E-state index in [0.29, 0.717) is 5.82 Å². The van der Waals surface area contributed by atoms with Crippen molar-refractivity contribution in [3.05, 3.63) is 253 Å². The predicted molar refractivity (Wildman–Crippen MR) is 254 cm³/mol. The third-order valence-electron chi connectivity index (χ3n) is 12.6. The first-order valence-electron chi connectivity index (χ1n) is 21.1. The highest BCUT2D eigenvalue weighted by Gasteiger charge is 2.46. The van der Waals surface area contributed by atoms with Crippen LogP contribution in [-0.4, -0.2) is 9.97 Å². The summed E-state index contributed by atoms with van der Waals surface area (Å²) in [5, 5.41) is 2.27. The van der Waals surface area contributed by atoms with Gasteiger partial charge < -0.3 is 4.42 Å². The molecule has 0 bridgehead atoms. The Hall–Kier alpha value is -8.14. The Balaban J connectivity index is 0.953. The summed E-state index contributed by atoms with van der Waals surface area (Å²) in [6, 6.07) is 82.3. The normalized spacial score (nSPS) is 12.6. The Kier molecular flexibility index (Phi) is 8.39. The number of aromatic nitrogens is 2. The molecule has 3 nitrogen and oxygen atoms in total. The van der Waals surface area contributed by atoms with Gasteiger partial charge in [0.2, 0.25) is 0 Å². The molecule has 1 aliphatic carbocycles. The zero-order chi connectivity index (χ0) is 41.0. The van der Waals surface area contributed by atoms with Crippen molar-refractivity contribution in [3.8, 4) is 67.3 Å². The molecule has 1 aliphatic rings. The molecule has 0 saturated heterocycles. The molecule has 11 aromatic rings. The molecule has 2 aromatic heterocycles. The van der Waals surface area contributed by atoms with Gasteiger partial charge in [0.25, 0.3) is 0 Å². The molecule has 0 aliphatic heterocycles. The highest BCUT2D eigenvalue weighted by molar-refractivity contribution is 6.06. The maximum atomic E-state index is 6.23. The monoisotopic (exact) mass is 790 g/mol. The van der Waals surface area contributed by atoms with Crippen LogP contribution in [0.4, 0.5) is 0 Å². The van der Waals surface area contributed by atoms with Gasteiger partial charge in [-0.15, -0.1) is 0 Å². The van der Waals surface area contributed by atoms with Crippen molar-refractivity contribution in [2.45, 2.75) is 5.41 Å². The van der Waals surface area contributed by atoms with Gasteiger partial charge in [0.15, 0.2) is 5.82 Å². The summed E-state index contributed by atoms with van der Waals surface area (Å²) in [4.78, 5) is 10.5. The molecule has 0 N–H and O–H groups in total. The van der Waals surface area contributed by atoms with E-state index in [1.165, 1.54) is 33.4 Å². The van der Waals surface area contributed by atoms with Crippen LogP contribution < -0.4 is 0 Å². The number of para-hydroxylation sites is 1. The van der Waals surface area contributed by atoms with Crippen molar-refractivity contribution in [3.63, 3.8) is 0 Å². The summed E-state index contributed by atoms with van der Waals surface area (Å²) in [6.45, 7) is 0. The Bertz CT molecular complexity index is 3400. The Labute approximate surface area is 360 Å². The minimum atomic E-state index is -0.504. The first-order valence-corrected chi connectivity index (χ1v) is 21.1. The van der Waals surface area contributed by atoms with Gasteiger partial charge in [-0.05, 0) is 92.0 Å². The summed E-state index contributed by atoms with van der Waals surface area (Å²) in [6.07, 6.45) is 0. The van der Waals surface area contributed by atoms with E-state index in [9.17, 15) is 0 Å². The first-order chi connectivity index (χ1) is 30.7. The van der Waals surface area contributed by atoms with Crippen LogP contribution in [0.25, 0.3) is 89.2 Å². The predicted octanol–water partition coefficient (Wildman–Crippen LogP) is 15.1. The lowest BCUT2D eigenvalue weighted by Gasteiger charge is -2.34. The van der Waals surface area contributed by atoms with Crippen molar-refractivity contribution in [2.75, 3.05) is 0 Å². The molecular weight excluding hydrogens is 753 g/mol. The van der Waals surface area contributed by atoms with E-state index < -0.39 is 5.41 Å². The van der Waals surface area contributed by atoms with Crippen LogP contribution in [0.15, 0.2) is 235 Å². The van der Waals surface area contributed by atoms with E-state index in [0.717, 1.165) is 72.3 Å². The minimum Gasteiger partial charge on any atom is -0.456 e. The van der Waals surface area contributed by atoms with Crippen LogP contribution in [0.1, 0.15) is 22.3 Å². The molecule has 0 atom stereocenters. The fourth-order valence-corrected chi connectivity index (χ4v) is 9.68. The standard InChI is InChI=1S/C59H38N2O/c1-4-15-41(16-5-1)58-60-54(40-29-27-39(28-30-40)42-17-14-18-43(35-42)44-31-34-51-50-24-11-13-26-56(50)62-57(51)37-44)38-55(61-58)45-32-33-49-48-23-10-12-25-52(48)59(53(49)36-45,46-19-6-2-7-20-46)47-21-8-3-9-22-47/h1-38H. The average molecular weight is 791 g/mol. The molecule has 0 amide bonds. The second-order valence-electron chi connectivity index (χ2n) is 16.1. The van der Waals surface area contributed by atoms with Crippen molar-refractivity contribution < 1.29 is 4.42 Å². The highest BCUT2D eigenvalue weighted by Crippen LogP contribution is 2.56. The molecule has 2 heterocycles. The quantitative estimate of drug-likeness (QED) is 0.161. The van der Waals surface area contributed by atoms with Gasteiger partial charge in [-0.3, -0.25) is 0 Å². The van der Waals surface area contributed by atoms with Gasteiger partial charge in [0.05, 0.1) is 16.8 Å². The van der Waals surface area contributed by atoms with Gasteiger partial charge in [0, 0.05) is 27.5 Å². The molecule has 12 rings (SSSR count). The Morgan fingerprint density at radius 3 is 1.60 bits per heavy atom. The number of hydrogen-bond acceptors (Lipinski definition) is 3. The summed E-state index contributed by atoms with van der Waals surface area (Å²) in [5.41, 5.74) is 18.1. The third kappa shape index (κ3) is 5.82. The lowest BCUT2D eigenvalue weighted by atomic mass is 9.67. The van der Waals surface area contributed by atoms with Gasteiger partial charge in [-0.25, -0.2) is 9.97 Å². The number of rotatable bonds is 7. The second kappa shape index (κ2) is 14.5. The van der Waals surface area contributed by atoms with Crippen LogP contribution in [0, 0.1) is 0 Å².